The van der Waals surface area contributed by atoms with Crippen molar-refractivity contribution < 1.29 is 4.74 Å². The van der Waals surface area contributed by atoms with Crippen molar-refractivity contribution in [2.75, 3.05) is 39.3 Å². The van der Waals surface area contributed by atoms with Crippen LogP contribution in [0, 0.1) is 0 Å². The van der Waals surface area contributed by atoms with Gasteiger partial charge in [-0.15, -0.1) is 0 Å². The molecule has 1 saturated heterocycles. The van der Waals surface area contributed by atoms with E-state index in [1.54, 1.807) is 0 Å². The number of guanidine groups is 1. The van der Waals surface area contributed by atoms with Crippen molar-refractivity contribution in [3.63, 3.8) is 0 Å². The average Bonchev–Trinajstić information content (AvgIpc) is 2.70. The number of nitrogens with zero attached hydrogens (tertiary/aromatic N) is 2. The summed E-state index contributed by atoms with van der Waals surface area (Å²) in [5.74, 6) is 1.00. The first-order valence-corrected chi connectivity index (χ1v) is 11.7. The molecule has 2 rings (SSSR count). The van der Waals surface area contributed by atoms with Crippen molar-refractivity contribution in [3.8, 4) is 0 Å². The van der Waals surface area contributed by atoms with Gasteiger partial charge in [0.25, 0.3) is 0 Å². The highest BCUT2D eigenvalue weighted by Gasteiger charge is 2.19. The zero-order chi connectivity index (χ0) is 19.2. The molecule has 0 atom stereocenters. The first-order valence-electron chi connectivity index (χ1n) is 11.7. The topological polar surface area (TPSA) is 48.9 Å². The number of likely N-dealkylation sites (tertiary alicyclic amines) is 1. The summed E-state index contributed by atoms with van der Waals surface area (Å²) in [7, 11) is 0. The van der Waals surface area contributed by atoms with Gasteiger partial charge in [0, 0.05) is 38.8 Å². The van der Waals surface area contributed by atoms with Crippen LogP contribution in [-0.2, 0) is 4.74 Å². The SMILES string of the molecule is CCCN1CCC(NC(=NCCCCCOC2CCCCC2)NCC)CC1. The van der Waals surface area contributed by atoms with Gasteiger partial charge in [-0.3, -0.25) is 4.99 Å². The van der Waals surface area contributed by atoms with Gasteiger partial charge in [-0.25, -0.2) is 0 Å². The fourth-order valence-electron chi connectivity index (χ4n) is 4.19. The van der Waals surface area contributed by atoms with Crippen molar-refractivity contribution in [2.24, 2.45) is 4.99 Å². The van der Waals surface area contributed by atoms with Crippen molar-refractivity contribution in [3.05, 3.63) is 0 Å². The number of hydrogen-bond donors (Lipinski definition) is 2. The van der Waals surface area contributed by atoms with Gasteiger partial charge in [-0.1, -0.05) is 26.2 Å². The van der Waals surface area contributed by atoms with Crippen molar-refractivity contribution >= 4 is 5.96 Å². The lowest BCUT2D eigenvalue weighted by molar-refractivity contribution is 0.0264. The van der Waals surface area contributed by atoms with Gasteiger partial charge in [0.05, 0.1) is 6.10 Å². The normalized spacial score (nSPS) is 20.7. The maximum atomic E-state index is 6.01. The molecule has 27 heavy (non-hydrogen) atoms. The Labute approximate surface area is 167 Å². The second-order valence-electron chi connectivity index (χ2n) is 8.21. The molecule has 2 N–H and O–H groups in total. The van der Waals surface area contributed by atoms with Gasteiger partial charge < -0.3 is 20.3 Å². The van der Waals surface area contributed by atoms with Gasteiger partial charge in [0.1, 0.15) is 0 Å². The Morgan fingerprint density at radius 1 is 1.00 bits per heavy atom. The van der Waals surface area contributed by atoms with Crippen LogP contribution in [0.2, 0.25) is 0 Å². The highest BCUT2D eigenvalue weighted by Crippen LogP contribution is 2.20. The number of unbranched alkanes of at least 4 members (excludes halogenated alkanes) is 2. The average molecular weight is 381 g/mol. The molecule has 5 nitrogen and oxygen atoms in total. The summed E-state index contributed by atoms with van der Waals surface area (Å²) >= 11 is 0. The van der Waals surface area contributed by atoms with Crippen LogP contribution in [0.15, 0.2) is 4.99 Å². The smallest absolute Gasteiger partial charge is 0.191 e. The minimum Gasteiger partial charge on any atom is -0.378 e. The molecular weight excluding hydrogens is 336 g/mol. The first kappa shape index (κ1) is 22.5. The van der Waals surface area contributed by atoms with E-state index in [-0.39, 0.29) is 0 Å². The van der Waals surface area contributed by atoms with Crippen LogP contribution in [0.5, 0.6) is 0 Å². The number of rotatable bonds is 11. The standard InChI is InChI=1S/C22H44N4O/c1-3-16-26-17-13-20(14-18-26)25-22(23-4-2)24-15-9-6-10-19-27-21-11-7-5-8-12-21/h20-21H,3-19H2,1-2H3,(H2,23,24,25). The van der Waals surface area contributed by atoms with E-state index in [0.29, 0.717) is 12.1 Å². The highest BCUT2D eigenvalue weighted by atomic mass is 16.5. The van der Waals surface area contributed by atoms with Gasteiger partial charge in [0.2, 0.25) is 0 Å². The van der Waals surface area contributed by atoms with Gasteiger partial charge in [-0.05, 0) is 64.8 Å². The number of nitrogens with one attached hydrogen (secondary N) is 2. The van der Waals surface area contributed by atoms with E-state index in [9.17, 15) is 0 Å². The second kappa shape index (κ2) is 14.2. The van der Waals surface area contributed by atoms with E-state index in [1.165, 1.54) is 83.8 Å². The van der Waals surface area contributed by atoms with Crippen LogP contribution < -0.4 is 10.6 Å². The molecule has 1 heterocycles. The quantitative estimate of drug-likeness (QED) is 0.324. The Kier molecular flexibility index (Phi) is 11.8. The van der Waals surface area contributed by atoms with Gasteiger partial charge >= 0.3 is 0 Å². The molecule has 0 bridgehead atoms. The molecule has 2 aliphatic rings. The first-order chi connectivity index (χ1) is 13.3. The molecule has 0 radical (unpaired) electrons. The lowest BCUT2D eigenvalue weighted by Crippen LogP contribution is -2.48. The summed E-state index contributed by atoms with van der Waals surface area (Å²) in [5.41, 5.74) is 0. The molecule has 0 aromatic rings. The maximum absolute atomic E-state index is 6.01. The monoisotopic (exact) mass is 380 g/mol. The molecule has 5 heteroatoms. The van der Waals surface area contributed by atoms with Gasteiger partial charge in [-0.2, -0.15) is 0 Å². The Hall–Kier alpha value is -0.810. The third kappa shape index (κ3) is 9.79. The molecular formula is C22H44N4O. The molecule has 1 aliphatic carbocycles. The minimum absolute atomic E-state index is 0.546. The largest absolute Gasteiger partial charge is 0.378 e. The van der Waals surface area contributed by atoms with Crippen molar-refractivity contribution in [1.82, 2.24) is 15.5 Å². The third-order valence-electron chi connectivity index (χ3n) is 5.79. The zero-order valence-corrected chi connectivity index (χ0v) is 18.0. The highest BCUT2D eigenvalue weighted by molar-refractivity contribution is 5.80. The molecule has 1 saturated carbocycles. The van der Waals surface area contributed by atoms with E-state index in [4.69, 9.17) is 9.73 Å². The lowest BCUT2D eigenvalue weighted by atomic mass is 9.98. The van der Waals surface area contributed by atoms with Crippen LogP contribution in [0.1, 0.15) is 84.5 Å². The van der Waals surface area contributed by atoms with E-state index in [0.717, 1.165) is 32.1 Å². The number of piperidine rings is 1. The molecule has 158 valence electrons. The third-order valence-corrected chi connectivity index (χ3v) is 5.79. The fourth-order valence-corrected chi connectivity index (χ4v) is 4.19. The van der Waals surface area contributed by atoms with Crippen LogP contribution in [0.4, 0.5) is 0 Å². The Bertz CT molecular complexity index is 388. The molecule has 0 unspecified atom stereocenters. The van der Waals surface area contributed by atoms with Gasteiger partial charge in [0.15, 0.2) is 5.96 Å². The Balaban J connectivity index is 1.55. The molecule has 0 aromatic carbocycles. The Morgan fingerprint density at radius 2 is 1.78 bits per heavy atom. The summed E-state index contributed by atoms with van der Waals surface area (Å²) in [5, 5.41) is 7.06. The molecule has 0 spiro atoms. The van der Waals surface area contributed by atoms with E-state index < -0.39 is 0 Å². The minimum atomic E-state index is 0.546. The van der Waals surface area contributed by atoms with Crippen LogP contribution in [0.25, 0.3) is 0 Å². The second-order valence-corrected chi connectivity index (χ2v) is 8.21. The summed E-state index contributed by atoms with van der Waals surface area (Å²) in [6.45, 7) is 10.8. The number of aliphatic imine (C=N–C) groups is 1. The number of ether oxygens (including phenoxy) is 1. The maximum Gasteiger partial charge on any atom is 0.191 e. The molecule has 0 amide bonds. The fraction of sp³-hybridized carbons (Fsp3) is 0.955. The van der Waals surface area contributed by atoms with Crippen molar-refractivity contribution in [2.45, 2.75) is 96.6 Å². The predicted molar refractivity (Wildman–Crippen MR) is 116 cm³/mol. The predicted octanol–water partition coefficient (Wildman–Crippen LogP) is 3.94. The van der Waals surface area contributed by atoms with E-state index >= 15 is 0 Å². The van der Waals surface area contributed by atoms with Crippen LogP contribution in [0.3, 0.4) is 0 Å². The van der Waals surface area contributed by atoms with E-state index in [2.05, 4.69) is 29.4 Å². The summed E-state index contributed by atoms with van der Waals surface area (Å²) in [6.07, 6.45) is 14.5. The number of hydrogen-bond acceptors (Lipinski definition) is 3. The molecule has 1 aliphatic heterocycles. The summed E-state index contributed by atoms with van der Waals surface area (Å²) in [4.78, 5) is 7.37. The summed E-state index contributed by atoms with van der Waals surface area (Å²) in [6, 6.07) is 0.569. The Morgan fingerprint density at radius 3 is 2.48 bits per heavy atom. The molecule has 2 fully saturated rings. The lowest BCUT2D eigenvalue weighted by Gasteiger charge is -2.32. The molecule has 0 aromatic heterocycles. The summed E-state index contributed by atoms with van der Waals surface area (Å²) < 4.78 is 6.01. The van der Waals surface area contributed by atoms with Crippen molar-refractivity contribution in [1.29, 1.82) is 0 Å². The van der Waals surface area contributed by atoms with E-state index in [1.807, 2.05) is 0 Å². The zero-order valence-electron chi connectivity index (χ0n) is 18.0. The van der Waals surface area contributed by atoms with Crippen LogP contribution >= 0.6 is 0 Å². The van der Waals surface area contributed by atoms with Crippen LogP contribution in [-0.4, -0.2) is 62.3 Å².